The SMILES string of the molecule is CCC(CC)NC(=O)CNC1CCN(S(C)(=O)=O)CC1. The number of piperidine rings is 1. The summed E-state index contributed by atoms with van der Waals surface area (Å²) in [6.45, 7) is 5.49. The predicted molar refractivity (Wildman–Crippen MR) is 80.0 cm³/mol. The van der Waals surface area contributed by atoms with Gasteiger partial charge in [-0.2, -0.15) is 0 Å². The van der Waals surface area contributed by atoms with Crippen LogP contribution in [0.5, 0.6) is 0 Å². The maximum absolute atomic E-state index is 11.8. The topological polar surface area (TPSA) is 78.5 Å². The van der Waals surface area contributed by atoms with Crippen molar-refractivity contribution in [2.45, 2.75) is 51.6 Å². The number of carbonyl (C=O) groups is 1. The monoisotopic (exact) mass is 305 g/mol. The Morgan fingerprint density at radius 3 is 2.25 bits per heavy atom. The van der Waals surface area contributed by atoms with Crippen molar-refractivity contribution in [2.75, 3.05) is 25.9 Å². The maximum Gasteiger partial charge on any atom is 0.234 e. The number of amides is 1. The number of nitrogens with zero attached hydrogens (tertiary/aromatic N) is 1. The van der Waals surface area contributed by atoms with E-state index in [-0.39, 0.29) is 18.0 Å². The molecular weight excluding hydrogens is 278 g/mol. The van der Waals surface area contributed by atoms with Crippen molar-refractivity contribution in [1.29, 1.82) is 0 Å². The van der Waals surface area contributed by atoms with Gasteiger partial charge >= 0.3 is 0 Å². The Kier molecular flexibility index (Phi) is 6.91. The van der Waals surface area contributed by atoms with Gasteiger partial charge in [0.05, 0.1) is 12.8 Å². The Morgan fingerprint density at radius 2 is 1.80 bits per heavy atom. The van der Waals surface area contributed by atoms with Crippen LogP contribution in [0.2, 0.25) is 0 Å². The third-order valence-electron chi connectivity index (χ3n) is 3.82. The molecule has 6 nitrogen and oxygen atoms in total. The zero-order chi connectivity index (χ0) is 15.2. The normalized spacial score (nSPS) is 18.4. The van der Waals surface area contributed by atoms with Crippen molar-refractivity contribution in [3.05, 3.63) is 0 Å². The van der Waals surface area contributed by atoms with Gasteiger partial charge in [-0.3, -0.25) is 4.79 Å². The summed E-state index contributed by atoms with van der Waals surface area (Å²) < 4.78 is 24.3. The Balaban J connectivity index is 2.26. The molecule has 1 heterocycles. The molecule has 1 aliphatic rings. The van der Waals surface area contributed by atoms with Gasteiger partial charge in [0.2, 0.25) is 15.9 Å². The number of sulfonamides is 1. The highest BCUT2D eigenvalue weighted by Gasteiger charge is 2.24. The molecule has 0 saturated carbocycles. The van der Waals surface area contributed by atoms with E-state index in [0.29, 0.717) is 19.6 Å². The van der Waals surface area contributed by atoms with Gasteiger partial charge in [-0.1, -0.05) is 13.8 Å². The fourth-order valence-corrected chi connectivity index (χ4v) is 3.27. The van der Waals surface area contributed by atoms with Gasteiger partial charge in [-0.05, 0) is 25.7 Å². The van der Waals surface area contributed by atoms with Crippen molar-refractivity contribution < 1.29 is 13.2 Å². The molecule has 0 atom stereocenters. The van der Waals surface area contributed by atoms with Crippen molar-refractivity contribution in [1.82, 2.24) is 14.9 Å². The molecule has 2 N–H and O–H groups in total. The number of carbonyl (C=O) groups excluding carboxylic acids is 1. The predicted octanol–water partition coefficient (Wildman–Crippen LogP) is 0.305. The molecule has 1 amide bonds. The summed E-state index contributed by atoms with van der Waals surface area (Å²) in [5, 5.41) is 6.19. The molecule has 1 saturated heterocycles. The molecule has 0 radical (unpaired) electrons. The Bertz CT molecular complexity index is 399. The first kappa shape index (κ1) is 17.4. The minimum Gasteiger partial charge on any atom is -0.352 e. The van der Waals surface area contributed by atoms with Crippen LogP contribution in [0.4, 0.5) is 0 Å². The fraction of sp³-hybridized carbons (Fsp3) is 0.923. The third-order valence-corrected chi connectivity index (χ3v) is 5.13. The lowest BCUT2D eigenvalue weighted by Crippen LogP contribution is -2.48. The van der Waals surface area contributed by atoms with E-state index in [4.69, 9.17) is 0 Å². The van der Waals surface area contributed by atoms with Crippen LogP contribution in [0.1, 0.15) is 39.5 Å². The standard InChI is InChI=1S/C13H27N3O3S/c1-4-11(5-2)15-13(17)10-14-12-6-8-16(9-7-12)20(3,18)19/h11-12,14H,4-10H2,1-3H3,(H,15,17). The Morgan fingerprint density at radius 1 is 1.25 bits per heavy atom. The van der Waals surface area contributed by atoms with E-state index in [1.54, 1.807) is 0 Å². The molecule has 1 aliphatic heterocycles. The molecule has 0 aromatic rings. The molecule has 0 unspecified atom stereocenters. The first-order chi connectivity index (χ1) is 9.36. The second-order valence-electron chi connectivity index (χ2n) is 5.40. The quantitative estimate of drug-likeness (QED) is 0.709. The van der Waals surface area contributed by atoms with Crippen LogP contribution in [0.3, 0.4) is 0 Å². The summed E-state index contributed by atoms with van der Waals surface area (Å²) in [6, 6.07) is 0.469. The molecule has 0 spiro atoms. The number of hydrogen-bond acceptors (Lipinski definition) is 4. The summed E-state index contributed by atoms with van der Waals surface area (Å²) in [5.74, 6) is 0.0178. The van der Waals surface area contributed by atoms with Crippen LogP contribution in [0.15, 0.2) is 0 Å². The van der Waals surface area contributed by atoms with Crippen LogP contribution in [0, 0.1) is 0 Å². The summed E-state index contributed by atoms with van der Waals surface area (Å²) in [7, 11) is -3.08. The molecule has 7 heteroatoms. The van der Waals surface area contributed by atoms with Crippen molar-refractivity contribution in [3.8, 4) is 0 Å². The van der Waals surface area contributed by atoms with E-state index < -0.39 is 10.0 Å². The Labute approximate surface area is 122 Å². The van der Waals surface area contributed by atoms with Crippen LogP contribution in [-0.4, -0.2) is 56.6 Å². The van der Waals surface area contributed by atoms with Crippen molar-refractivity contribution in [2.24, 2.45) is 0 Å². The highest BCUT2D eigenvalue weighted by atomic mass is 32.2. The summed E-state index contributed by atoms with van der Waals surface area (Å²) in [5.41, 5.74) is 0. The first-order valence-corrected chi connectivity index (χ1v) is 9.19. The van der Waals surface area contributed by atoms with E-state index in [1.165, 1.54) is 10.6 Å². The molecule has 0 bridgehead atoms. The first-order valence-electron chi connectivity index (χ1n) is 7.34. The smallest absolute Gasteiger partial charge is 0.234 e. The average Bonchev–Trinajstić information content (AvgIpc) is 2.42. The van der Waals surface area contributed by atoms with Crippen LogP contribution in [-0.2, 0) is 14.8 Å². The second kappa shape index (κ2) is 7.95. The number of hydrogen-bond donors (Lipinski definition) is 2. The van der Waals surface area contributed by atoms with E-state index in [9.17, 15) is 13.2 Å². The van der Waals surface area contributed by atoms with Crippen LogP contribution in [0.25, 0.3) is 0 Å². The van der Waals surface area contributed by atoms with Gasteiger partial charge in [-0.15, -0.1) is 0 Å². The van der Waals surface area contributed by atoms with Gasteiger partial charge in [0.15, 0.2) is 0 Å². The largest absolute Gasteiger partial charge is 0.352 e. The van der Waals surface area contributed by atoms with Crippen LogP contribution < -0.4 is 10.6 Å². The zero-order valence-corrected chi connectivity index (χ0v) is 13.5. The van der Waals surface area contributed by atoms with E-state index in [0.717, 1.165) is 25.7 Å². The van der Waals surface area contributed by atoms with E-state index in [1.807, 2.05) is 0 Å². The molecule has 0 aromatic carbocycles. The van der Waals surface area contributed by atoms with Gasteiger partial charge in [0.25, 0.3) is 0 Å². The fourth-order valence-electron chi connectivity index (χ4n) is 2.40. The minimum absolute atomic E-state index is 0.0178. The van der Waals surface area contributed by atoms with Gasteiger partial charge in [0, 0.05) is 25.2 Å². The summed E-state index contributed by atoms with van der Waals surface area (Å²) >= 11 is 0. The third kappa shape index (κ3) is 5.76. The van der Waals surface area contributed by atoms with Gasteiger partial charge in [0.1, 0.15) is 0 Å². The number of rotatable bonds is 7. The van der Waals surface area contributed by atoms with Gasteiger partial charge in [-0.25, -0.2) is 12.7 Å². The number of nitrogens with one attached hydrogen (secondary N) is 2. The molecule has 0 aromatic heterocycles. The van der Waals surface area contributed by atoms with Gasteiger partial charge < -0.3 is 10.6 Å². The molecule has 0 aliphatic carbocycles. The Hall–Kier alpha value is -0.660. The second-order valence-corrected chi connectivity index (χ2v) is 7.38. The average molecular weight is 305 g/mol. The van der Waals surface area contributed by atoms with Crippen LogP contribution >= 0.6 is 0 Å². The zero-order valence-electron chi connectivity index (χ0n) is 12.7. The summed E-state index contributed by atoms with van der Waals surface area (Å²) in [6.07, 6.45) is 4.63. The molecule has 118 valence electrons. The van der Waals surface area contributed by atoms with E-state index >= 15 is 0 Å². The highest BCUT2D eigenvalue weighted by molar-refractivity contribution is 7.88. The van der Waals surface area contributed by atoms with Crippen molar-refractivity contribution in [3.63, 3.8) is 0 Å². The molecule has 1 fully saturated rings. The molecular formula is C13H27N3O3S. The minimum atomic E-state index is -3.08. The maximum atomic E-state index is 11.8. The molecule has 20 heavy (non-hydrogen) atoms. The lowest BCUT2D eigenvalue weighted by Gasteiger charge is -2.30. The lowest BCUT2D eigenvalue weighted by atomic mass is 10.1. The molecule has 1 rings (SSSR count). The lowest BCUT2D eigenvalue weighted by molar-refractivity contribution is -0.121. The van der Waals surface area contributed by atoms with Crippen molar-refractivity contribution >= 4 is 15.9 Å². The highest BCUT2D eigenvalue weighted by Crippen LogP contribution is 2.12. The summed E-state index contributed by atoms with van der Waals surface area (Å²) in [4.78, 5) is 11.8. The van der Waals surface area contributed by atoms with E-state index in [2.05, 4.69) is 24.5 Å².